The van der Waals surface area contributed by atoms with Crippen molar-refractivity contribution in [2.75, 3.05) is 0 Å². The van der Waals surface area contributed by atoms with E-state index in [1.165, 1.54) is 0 Å². The van der Waals surface area contributed by atoms with Crippen LogP contribution in [0.1, 0.15) is 20.8 Å². The van der Waals surface area contributed by atoms with Gasteiger partial charge in [0, 0.05) is 0 Å². The number of hydrogen-bond donors (Lipinski definition) is 1. The fourth-order valence-corrected chi connectivity index (χ4v) is 0.753. The van der Waals surface area contributed by atoms with Gasteiger partial charge < -0.3 is 9.66 Å². The Morgan fingerprint density at radius 2 is 2.09 bits per heavy atom. The van der Waals surface area contributed by atoms with Gasteiger partial charge in [-0.25, -0.2) is 4.79 Å². The Kier molecular flexibility index (Phi) is 3.54. The normalized spacial score (nSPS) is 15.3. The second-order valence-electron chi connectivity index (χ2n) is 2.93. The molecule has 0 amide bonds. The van der Waals surface area contributed by atoms with Crippen LogP contribution < -0.4 is 0 Å². The monoisotopic (exact) mass is 177 g/mol. The van der Waals surface area contributed by atoms with Gasteiger partial charge in [0.25, 0.3) is 0 Å². The molecule has 0 bridgehead atoms. The highest BCUT2D eigenvalue weighted by Gasteiger charge is 2.25. The topological polar surface area (TPSA) is 72.7 Å². The summed E-state index contributed by atoms with van der Waals surface area (Å²) in [6.07, 6.45) is 0.654. The highest BCUT2D eigenvalue weighted by atomic mass is 32.2. The summed E-state index contributed by atoms with van der Waals surface area (Å²) in [5.74, 6) is -1.18. The van der Waals surface area contributed by atoms with Gasteiger partial charge in [0.1, 0.15) is 16.1 Å². The summed E-state index contributed by atoms with van der Waals surface area (Å²) in [6.45, 7) is 5.17. The van der Waals surface area contributed by atoms with Crippen LogP contribution in [0.3, 0.4) is 0 Å². The summed E-state index contributed by atoms with van der Waals surface area (Å²) in [6, 6.07) is 0. The molecule has 0 aromatic rings. The molecule has 0 aromatic carbocycles. The fourth-order valence-electron chi connectivity index (χ4n) is 0.251. The Morgan fingerprint density at radius 3 is 2.36 bits per heavy atom. The molecular weight excluding hydrogens is 166 g/mol. The summed E-state index contributed by atoms with van der Waals surface area (Å²) < 4.78 is 13.9. The van der Waals surface area contributed by atoms with Crippen LogP contribution >= 0.6 is 0 Å². The van der Waals surface area contributed by atoms with Crippen LogP contribution in [0.5, 0.6) is 0 Å². The molecule has 5 heteroatoms. The number of rotatable bonds is 2. The van der Waals surface area contributed by atoms with E-state index >= 15 is 0 Å². The quantitative estimate of drug-likeness (QED) is 0.496. The predicted molar refractivity (Wildman–Crippen MR) is 44.0 cm³/mol. The summed E-state index contributed by atoms with van der Waals surface area (Å²) >= 11 is -1.47. The predicted octanol–water partition coefficient (Wildman–Crippen LogP) is 0.604. The zero-order valence-electron chi connectivity index (χ0n) is 6.70. The zero-order chi connectivity index (χ0) is 9.07. The van der Waals surface area contributed by atoms with Gasteiger partial charge in [-0.1, -0.05) is 4.40 Å². The van der Waals surface area contributed by atoms with Crippen molar-refractivity contribution in [3.05, 3.63) is 0 Å². The summed E-state index contributed by atoms with van der Waals surface area (Å²) in [5, 5.41) is 8.14. The maximum absolute atomic E-state index is 11.0. The molecule has 0 aromatic heterocycles. The summed E-state index contributed by atoms with van der Waals surface area (Å²) in [7, 11) is 0. The van der Waals surface area contributed by atoms with Crippen molar-refractivity contribution in [1.29, 1.82) is 0 Å². The van der Waals surface area contributed by atoms with Crippen molar-refractivity contribution in [2.45, 2.75) is 25.5 Å². The molecule has 0 fully saturated rings. The SMILES string of the molecule is CC(C)(C)[S+]([O-])/N=C\C(=O)O. The van der Waals surface area contributed by atoms with E-state index < -0.39 is 22.1 Å². The largest absolute Gasteiger partial charge is 0.591 e. The Hall–Kier alpha value is -0.550. The molecular formula is C6H11NO3S. The van der Waals surface area contributed by atoms with Crippen LogP contribution in [0.2, 0.25) is 0 Å². The van der Waals surface area contributed by atoms with Crippen molar-refractivity contribution < 1.29 is 14.5 Å². The third-order valence-electron chi connectivity index (χ3n) is 0.783. The zero-order valence-corrected chi connectivity index (χ0v) is 7.51. The second kappa shape index (κ2) is 3.73. The number of hydrogen-bond acceptors (Lipinski definition) is 3. The van der Waals surface area contributed by atoms with E-state index in [-0.39, 0.29) is 0 Å². The second-order valence-corrected chi connectivity index (χ2v) is 4.87. The number of carbonyl (C=O) groups is 1. The highest BCUT2D eigenvalue weighted by molar-refractivity contribution is 7.91. The number of carboxylic acid groups (broad SMARTS) is 1. The van der Waals surface area contributed by atoms with Crippen molar-refractivity contribution >= 4 is 23.5 Å². The molecule has 0 saturated carbocycles. The van der Waals surface area contributed by atoms with Gasteiger partial charge in [-0.2, -0.15) is 0 Å². The van der Waals surface area contributed by atoms with Gasteiger partial charge in [0.2, 0.25) is 0 Å². The van der Waals surface area contributed by atoms with E-state index in [0.29, 0.717) is 6.21 Å². The first-order chi connectivity index (χ1) is 4.84. The van der Waals surface area contributed by atoms with Crippen LogP contribution in [-0.4, -0.2) is 26.6 Å². The molecule has 0 aliphatic rings. The van der Waals surface area contributed by atoms with Crippen LogP contribution in [0.15, 0.2) is 4.40 Å². The minimum atomic E-state index is -1.47. The lowest BCUT2D eigenvalue weighted by atomic mass is 10.3. The Morgan fingerprint density at radius 1 is 1.64 bits per heavy atom. The standard InChI is InChI=1S/C6H11NO3S/c1-6(2,3)11(10)7-4-5(8)9/h4H,1-3H3,(H,8,9)/b7-4-. The lowest BCUT2D eigenvalue weighted by Gasteiger charge is -2.17. The Labute approximate surface area is 68.6 Å². The Bertz CT molecular complexity index is 173. The Balaban J connectivity index is 4.07. The van der Waals surface area contributed by atoms with Gasteiger partial charge in [-0.3, -0.25) is 0 Å². The fraction of sp³-hybridized carbons (Fsp3) is 0.667. The minimum absolute atomic E-state index is 0.494. The molecule has 0 aliphatic carbocycles. The molecule has 0 saturated heterocycles. The van der Waals surface area contributed by atoms with E-state index in [1.807, 2.05) is 0 Å². The lowest BCUT2D eigenvalue weighted by molar-refractivity contribution is -0.128. The molecule has 0 aliphatic heterocycles. The molecule has 1 atom stereocenters. The maximum atomic E-state index is 11.0. The van der Waals surface area contributed by atoms with E-state index in [2.05, 4.69) is 4.40 Å². The van der Waals surface area contributed by atoms with Crippen LogP contribution in [-0.2, 0) is 16.2 Å². The summed E-state index contributed by atoms with van der Waals surface area (Å²) in [5.41, 5.74) is 0. The molecule has 0 radical (unpaired) electrons. The van der Waals surface area contributed by atoms with Crippen molar-refractivity contribution in [2.24, 2.45) is 4.40 Å². The third-order valence-corrected chi connectivity index (χ3v) is 2.13. The van der Waals surface area contributed by atoms with Gasteiger partial charge in [-0.15, -0.1) is 0 Å². The molecule has 0 rings (SSSR count). The average molecular weight is 177 g/mol. The van der Waals surface area contributed by atoms with E-state index in [1.54, 1.807) is 20.8 Å². The van der Waals surface area contributed by atoms with E-state index in [0.717, 1.165) is 0 Å². The molecule has 1 unspecified atom stereocenters. The molecule has 4 nitrogen and oxygen atoms in total. The number of aliphatic carboxylic acids is 1. The van der Waals surface area contributed by atoms with Gasteiger partial charge in [0.05, 0.1) is 0 Å². The smallest absolute Gasteiger partial charge is 0.351 e. The lowest BCUT2D eigenvalue weighted by Crippen LogP contribution is -2.26. The molecule has 64 valence electrons. The minimum Gasteiger partial charge on any atom is -0.591 e. The van der Waals surface area contributed by atoms with Crippen LogP contribution in [0.25, 0.3) is 0 Å². The van der Waals surface area contributed by atoms with Gasteiger partial charge >= 0.3 is 5.97 Å². The molecule has 11 heavy (non-hydrogen) atoms. The van der Waals surface area contributed by atoms with Crippen molar-refractivity contribution in [3.8, 4) is 0 Å². The maximum Gasteiger partial charge on any atom is 0.351 e. The van der Waals surface area contributed by atoms with E-state index in [9.17, 15) is 9.35 Å². The molecule has 1 N–H and O–H groups in total. The van der Waals surface area contributed by atoms with Crippen LogP contribution in [0.4, 0.5) is 0 Å². The highest BCUT2D eigenvalue weighted by Crippen LogP contribution is 2.15. The van der Waals surface area contributed by atoms with Crippen LogP contribution in [0, 0.1) is 0 Å². The molecule has 0 spiro atoms. The first kappa shape index (κ1) is 10.4. The first-order valence-corrected chi connectivity index (χ1v) is 4.13. The molecule has 0 heterocycles. The van der Waals surface area contributed by atoms with E-state index in [4.69, 9.17) is 5.11 Å². The van der Waals surface area contributed by atoms with Gasteiger partial charge in [-0.05, 0) is 20.8 Å². The van der Waals surface area contributed by atoms with Gasteiger partial charge in [0.15, 0.2) is 6.21 Å². The number of nitrogens with zero attached hydrogens (tertiary/aromatic N) is 1. The third kappa shape index (κ3) is 4.80. The van der Waals surface area contributed by atoms with Crippen molar-refractivity contribution in [1.82, 2.24) is 0 Å². The number of carboxylic acids is 1. The average Bonchev–Trinajstić information content (AvgIpc) is 1.80. The van der Waals surface area contributed by atoms with Crippen molar-refractivity contribution in [3.63, 3.8) is 0 Å². The summed E-state index contributed by atoms with van der Waals surface area (Å²) in [4.78, 5) is 9.95. The first-order valence-electron chi connectivity index (χ1n) is 3.03.